The van der Waals surface area contributed by atoms with E-state index in [1.165, 1.54) is 10.5 Å². The monoisotopic (exact) mass is 393 g/mol. The second-order valence-electron chi connectivity index (χ2n) is 6.55. The Labute approximate surface area is 173 Å². The number of anilines is 1. The largest absolute Gasteiger partial charge is 0.358 e. The van der Waals surface area contributed by atoms with Crippen molar-refractivity contribution in [1.82, 2.24) is 4.98 Å². The molecule has 1 aliphatic rings. The molecule has 0 bridgehead atoms. The molecule has 1 N–H and O–H groups in total. The van der Waals surface area contributed by atoms with Crippen molar-refractivity contribution in [2.45, 2.75) is 53.2 Å². The lowest BCUT2D eigenvalue weighted by atomic mass is 10.1. The minimum atomic E-state index is 0.512. The minimum Gasteiger partial charge on any atom is -0.358 e. The summed E-state index contributed by atoms with van der Waals surface area (Å²) in [5.41, 5.74) is 5.48. The molecule has 0 atom stereocenters. The molecule has 3 nitrogen and oxygen atoms in total. The number of benzene rings is 1. The Bertz CT molecular complexity index is 921. The van der Waals surface area contributed by atoms with Crippen molar-refractivity contribution in [2.75, 3.05) is 5.32 Å². The number of aliphatic imine (C=N–C) groups is 1. The number of nitrogens with zero attached hydrogens (tertiary/aromatic N) is 2. The molecule has 1 aromatic carbocycles. The number of pyridine rings is 1. The lowest BCUT2D eigenvalue weighted by Crippen LogP contribution is -2.03. The predicted octanol–water partition coefficient (Wildman–Crippen LogP) is 7.36. The number of hydrogen-bond donors (Lipinski definition) is 1. The average Bonchev–Trinajstić information content (AvgIpc) is 2.97. The van der Waals surface area contributed by atoms with Gasteiger partial charge in [-0.3, -0.25) is 4.99 Å². The number of aromatic nitrogens is 1. The molecule has 2 heterocycles. The van der Waals surface area contributed by atoms with Gasteiger partial charge < -0.3 is 5.32 Å². The lowest BCUT2D eigenvalue weighted by Gasteiger charge is -2.16. The van der Waals surface area contributed by atoms with E-state index >= 15 is 0 Å². The summed E-state index contributed by atoms with van der Waals surface area (Å²) in [7, 11) is 0. The summed E-state index contributed by atoms with van der Waals surface area (Å²) in [4.78, 5) is 10.4. The summed E-state index contributed by atoms with van der Waals surface area (Å²) in [6.07, 6.45) is 10.7. The van der Waals surface area contributed by atoms with Gasteiger partial charge >= 0.3 is 0 Å². The maximum absolute atomic E-state index is 4.98. The SMILES string of the molecule is C/C=C(\SC(C)C)c1cc(NC2=CC=NC=CC2)c2cccc(C)c2n1.CC. The molecule has 0 aliphatic carbocycles. The van der Waals surface area contributed by atoms with Gasteiger partial charge in [-0.15, -0.1) is 11.8 Å². The van der Waals surface area contributed by atoms with Crippen molar-refractivity contribution < 1.29 is 0 Å². The van der Waals surface area contributed by atoms with Crippen molar-refractivity contribution >= 4 is 39.5 Å². The highest BCUT2D eigenvalue weighted by Crippen LogP contribution is 2.35. The smallest absolute Gasteiger partial charge is 0.0790 e. The Morgan fingerprint density at radius 2 is 2.04 bits per heavy atom. The van der Waals surface area contributed by atoms with Crippen molar-refractivity contribution in [3.05, 3.63) is 65.6 Å². The molecule has 0 spiro atoms. The zero-order valence-corrected chi connectivity index (χ0v) is 18.6. The van der Waals surface area contributed by atoms with E-state index in [1.54, 1.807) is 0 Å². The highest BCUT2D eigenvalue weighted by molar-refractivity contribution is 8.08. The molecule has 148 valence electrons. The minimum absolute atomic E-state index is 0.512. The Kier molecular flexibility index (Phi) is 8.52. The summed E-state index contributed by atoms with van der Waals surface area (Å²) in [6.45, 7) is 12.6. The van der Waals surface area contributed by atoms with E-state index in [4.69, 9.17) is 4.98 Å². The molecule has 4 heteroatoms. The molecule has 3 rings (SSSR count). The van der Waals surface area contributed by atoms with Crippen LogP contribution in [0.4, 0.5) is 5.69 Å². The average molecular weight is 394 g/mol. The summed E-state index contributed by atoms with van der Waals surface area (Å²) < 4.78 is 0. The van der Waals surface area contributed by atoms with E-state index in [1.807, 2.05) is 44.1 Å². The molecular formula is C24H31N3S. The molecule has 28 heavy (non-hydrogen) atoms. The second-order valence-corrected chi connectivity index (χ2v) is 8.17. The van der Waals surface area contributed by atoms with Gasteiger partial charge in [0.05, 0.1) is 11.2 Å². The number of allylic oxidation sites excluding steroid dienone is 3. The van der Waals surface area contributed by atoms with Gasteiger partial charge in [0, 0.05) is 45.8 Å². The topological polar surface area (TPSA) is 37.3 Å². The summed E-state index contributed by atoms with van der Waals surface area (Å²) in [5.74, 6) is 0. The predicted molar refractivity (Wildman–Crippen MR) is 128 cm³/mol. The van der Waals surface area contributed by atoms with E-state index in [-0.39, 0.29) is 0 Å². The fraction of sp³-hybridized carbons (Fsp3) is 0.333. The van der Waals surface area contributed by atoms with Gasteiger partial charge in [-0.2, -0.15) is 0 Å². The summed E-state index contributed by atoms with van der Waals surface area (Å²) in [6, 6.07) is 8.51. The molecule has 0 fully saturated rings. The highest BCUT2D eigenvalue weighted by Gasteiger charge is 2.13. The van der Waals surface area contributed by atoms with E-state index in [0.717, 1.165) is 34.4 Å². The third kappa shape index (κ3) is 5.59. The number of hydrogen-bond acceptors (Lipinski definition) is 4. The van der Waals surface area contributed by atoms with Crippen LogP contribution >= 0.6 is 11.8 Å². The first kappa shape index (κ1) is 22.0. The molecule has 0 saturated carbocycles. The van der Waals surface area contributed by atoms with Gasteiger partial charge in [-0.1, -0.05) is 58.0 Å². The van der Waals surface area contributed by atoms with Crippen LogP contribution < -0.4 is 5.32 Å². The maximum Gasteiger partial charge on any atom is 0.0790 e. The van der Waals surface area contributed by atoms with E-state index in [2.05, 4.69) is 74.4 Å². The first-order valence-corrected chi connectivity index (χ1v) is 10.8. The summed E-state index contributed by atoms with van der Waals surface area (Å²) >= 11 is 1.85. The normalized spacial score (nSPS) is 13.8. The number of nitrogens with one attached hydrogen (secondary N) is 1. The van der Waals surface area contributed by atoms with Crippen molar-refractivity contribution in [3.63, 3.8) is 0 Å². The third-order valence-corrected chi connectivity index (χ3v) is 5.27. The van der Waals surface area contributed by atoms with E-state index < -0.39 is 0 Å². The van der Waals surface area contributed by atoms with Crippen LogP contribution in [0.25, 0.3) is 15.8 Å². The molecule has 1 aliphatic heterocycles. The standard InChI is InChI=1S/C22H25N3S.C2H6/c1-5-21(26-15(2)3)20-14-19(24-17-9-7-12-23-13-11-17)18-10-6-8-16(4)22(18)25-20;1-2/h5-8,10-15H,9H2,1-4H3,(H,24,25);1-2H3/b21-5-;. The molecule has 0 saturated heterocycles. The second kappa shape index (κ2) is 10.9. The van der Waals surface area contributed by atoms with Crippen LogP contribution in [0.3, 0.4) is 0 Å². The van der Waals surface area contributed by atoms with Crippen molar-refractivity contribution in [3.8, 4) is 0 Å². The highest BCUT2D eigenvalue weighted by atomic mass is 32.2. The molecule has 0 radical (unpaired) electrons. The quantitative estimate of drug-likeness (QED) is 0.576. The van der Waals surface area contributed by atoms with Crippen LogP contribution in [0.1, 0.15) is 52.3 Å². The molecule has 0 amide bonds. The number of para-hydroxylation sites is 1. The molecule has 1 aromatic heterocycles. The maximum atomic E-state index is 4.98. The lowest BCUT2D eigenvalue weighted by molar-refractivity contribution is 1.12. The first-order chi connectivity index (χ1) is 13.6. The Hall–Kier alpha value is -2.33. The van der Waals surface area contributed by atoms with Crippen LogP contribution in [0.2, 0.25) is 0 Å². The number of thioether (sulfide) groups is 1. The van der Waals surface area contributed by atoms with Crippen LogP contribution in [0.5, 0.6) is 0 Å². The molecular weight excluding hydrogens is 362 g/mol. The van der Waals surface area contributed by atoms with Gasteiger partial charge in [-0.25, -0.2) is 4.98 Å². The van der Waals surface area contributed by atoms with Crippen molar-refractivity contribution in [2.24, 2.45) is 4.99 Å². The van der Waals surface area contributed by atoms with Gasteiger partial charge in [0.2, 0.25) is 0 Å². The van der Waals surface area contributed by atoms with Crippen LogP contribution in [-0.2, 0) is 0 Å². The van der Waals surface area contributed by atoms with Crippen LogP contribution in [-0.4, -0.2) is 16.4 Å². The fourth-order valence-electron chi connectivity index (χ4n) is 2.91. The van der Waals surface area contributed by atoms with Crippen LogP contribution in [0.15, 0.2) is 59.4 Å². The Morgan fingerprint density at radius 3 is 2.75 bits per heavy atom. The van der Waals surface area contributed by atoms with Gasteiger partial charge in [0.1, 0.15) is 0 Å². The molecule has 2 aromatic rings. The summed E-state index contributed by atoms with van der Waals surface area (Å²) in [5, 5.41) is 5.26. The van der Waals surface area contributed by atoms with Gasteiger partial charge in [0.15, 0.2) is 0 Å². The zero-order chi connectivity index (χ0) is 20.5. The van der Waals surface area contributed by atoms with Crippen LogP contribution in [0, 0.1) is 6.92 Å². The molecule has 0 unspecified atom stereocenters. The van der Waals surface area contributed by atoms with E-state index in [0.29, 0.717) is 5.25 Å². The third-order valence-electron chi connectivity index (χ3n) is 4.10. The Balaban J connectivity index is 0.00000136. The zero-order valence-electron chi connectivity index (χ0n) is 17.8. The Morgan fingerprint density at radius 1 is 1.25 bits per heavy atom. The van der Waals surface area contributed by atoms with Gasteiger partial charge in [-0.05, 0) is 31.6 Å². The number of rotatable bonds is 5. The first-order valence-electron chi connectivity index (χ1n) is 9.96. The van der Waals surface area contributed by atoms with Gasteiger partial charge in [0.25, 0.3) is 0 Å². The van der Waals surface area contributed by atoms with Crippen molar-refractivity contribution in [1.29, 1.82) is 0 Å². The fourth-order valence-corrected chi connectivity index (χ4v) is 3.78. The van der Waals surface area contributed by atoms with E-state index in [9.17, 15) is 0 Å². The number of aryl methyl sites for hydroxylation is 1. The number of fused-ring (bicyclic) bond motifs is 1.